The van der Waals surface area contributed by atoms with E-state index in [2.05, 4.69) is 62.6 Å². The number of methoxy groups -OCH3 is 1. The van der Waals surface area contributed by atoms with E-state index in [-0.39, 0.29) is 17.4 Å². The molecule has 0 aliphatic heterocycles. The maximum absolute atomic E-state index is 12.7. The van der Waals surface area contributed by atoms with Gasteiger partial charge in [-0.15, -0.1) is 11.3 Å². The van der Waals surface area contributed by atoms with Gasteiger partial charge in [0, 0.05) is 10.4 Å². The second-order valence-corrected chi connectivity index (χ2v) is 10.4. The average Bonchev–Trinajstić information content (AvgIpc) is 3.08. The lowest BCUT2D eigenvalue weighted by molar-refractivity contribution is 0.0603. The number of thiocarbonyl (C=S) groups is 1. The molecule has 4 nitrogen and oxygen atoms in total. The Morgan fingerprint density at radius 2 is 1.69 bits per heavy atom. The summed E-state index contributed by atoms with van der Waals surface area (Å²) in [5.74, 6) is -0.385. The second kappa shape index (κ2) is 9.84. The number of carbonyl (C=O) groups is 1. The summed E-state index contributed by atoms with van der Waals surface area (Å²) in [7, 11) is 1.40. The smallest absolute Gasteiger partial charge is 0.341 e. The number of anilines is 1. The van der Waals surface area contributed by atoms with Crippen LogP contribution in [-0.2, 0) is 10.2 Å². The highest BCUT2D eigenvalue weighted by Gasteiger charge is 2.24. The lowest BCUT2D eigenvalue weighted by Gasteiger charge is -2.21. The Labute approximate surface area is 200 Å². The van der Waals surface area contributed by atoms with Crippen LogP contribution in [0, 0.1) is 6.92 Å². The Bertz CT molecular complexity index is 1100. The molecule has 6 heteroatoms. The predicted octanol–water partition coefficient (Wildman–Crippen LogP) is 6.86. The first-order valence-corrected chi connectivity index (χ1v) is 11.8. The zero-order valence-electron chi connectivity index (χ0n) is 19.4. The Morgan fingerprint density at radius 3 is 2.25 bits per heavy atom. The van der Waals surface area contributed by atoms with Gasteiger partial charge < -0.3 is 15.4 Å². The van der Waals surface area contributed by atoms with Crippen molar-refractivity contribution in [2.75, 3.05) is 12.4 Å². The molecule has 3 aromatic rings. The Balaban J connectivity index is 1.81. The molecule has 168 valence electrons. The van der Waals surface area contributed by atoms with Gasteiger partial charge >= 0.3 is 5.97 Å². The molecule has 2 aromatic carbocycles. The monoisotopic (exact) mass is 466 g/mol. The Morgan fingerprint density at radius 1 is 1.06 bits per heavy atom. The van der Waals surface area contributed by atoms with Crippen LogP contribution < -0.4 is 10.6 Å². The van der Waals surface area contributed by atoms with Crippen molar-refractivity contribution in [3.8, 4) is 11.1 Å². The molecule has 3 rings (SSSR count). The van der Waals surface area contributed by atoms with Crippen LogP contribution in [-0.4, -0.2) is 18.2 Å². The molecule has 0 fully saturated rings. The molecule has 1 heterocycles. The van der Waals surface area contributed by atoms with Gasteiger partial charge in [-0.2, -0.15) is 0 Å². The minimum atomic E-state index is -0.385. The third-order valence-corrected chi connectivity index (χ3v) is 6.63. The van der Waals surface area contributed by atoms with E-state index >= 15 is 0 Å². The van der Waals surface area contributed by atoms with Gasteiger partial charge in [0.1, 0.15) is 10.6 Å². The normalized spacial score (nSPS) is 12.2. The summed E-state index contributed by atoms with van der Waals surface area (Å²) in [6.07, 6.45) is 0. The minimum absolute atomic E-state index is 0.0141. The lowest BCUT2D eigenvalue weighted by Crippen LogP contribution is -2.31. The fraction of sp³-hybridized carbons (Fsp3) is 0.308. The second-order valence-electron chi connectivity index (χ2n) is 8.79. The first-order chi connectivity index (χ1) is 15.1. The highest BCUT2D eigenvalue weighted by atomic mass is 32.1. The molecule has 0 saturated heterocycles. The number of carbonyl (C=O) groups excluding carboxylic acids is 1. The third-order valence-electron chi connectivity index (χ3n) is 5.39. The van der Waals surface area contributed by atoms with Crippen LogP contribution in [0.5, 0.6) is 0 Å². The molecular formula is C26H30N2O2S2. The van der Waals surface area contributed by atoms with Crippen molar-refractivity contribution in [2.24, 2.45) is 0 Å². The van der Waals surface area contributed by atoms with E-state index in [1.807, 2.05) is 37.3 Å². The number of hydrogen-bond acceptors (Lipinski definition) is 4. The fourth-order valence-corrected chi connectivity index (χ4v) is 4.99. The maximum atomic E-state index is 12.7. The van der Waals surface area contributed by atoms with E-state index in [4.69, 9.17) is 17.0 Å². The van der Waals surface area contributed by atoms with Gasteiger partial charge in [0.05, 0.1) is 13.2 Å². The molecule has 0 bridgehead atoms. The fourth-order valence-electron chi connectivity index (χ4n) is 3.57. The van der Waals surface area contributed by atoms with Crippen molar-refractivity contribution in [1.29, 1.82) is 0 Å². The topological polar surface area (TPSA) is 50.4 Å². The predicted molar refractivity (Wildman–Crippen MR) is 139 cm³/mol. The zero-order chi connectivity index (χ0) is 23.5. The summed E-state index contributed by atoms with van der Waals surface area (Å²) in [4.78, 5) is 13.7. The van der Waals surface area contributed by atoms with Crippen LogP contribution in [0.1, 0.15) is 60.1 Å². The maximum Gasteiger partial charge on any atom is 0.341 e. The summed E-state index contributed by atoms with van der Waals surface area (Å²) in [5.41, 5.74) is 4.90. The highest BCUT2D eigenvalue weighted by Crippen LogP contribution is 2.40. The number of hydrogen-bond donors (Lipinski definition) is 2. The number of nitrogens with one attached hydrogen (secondary N) is 2. The number of thiophene rings is 1. The van der Waals surface area contributed by atoms with Crippen LogP contribution in [0.4, 0.5) is 5.00 Å². The molecule has 2 N–H and O–H groups in total. The third kappa shape index (κ3) is 5.37. The van der Waals surface area contributed by atoms with Crippen LogP contribution in [0.3, 0.4) is 0 Å². The quantitative estimate of drug-likeness (QED) is 0.318. The van der Waals surface area contributed by atoms with Crippen molar-refractivity contribution in [3.63, 3.8) is 0 Å². The SMILES string of the molecule is COC(=O)c1c(NC(=S)NC(C)c2ccc(C(C)(C)C)cc2)sc(C)c1-c1ccccc1. The molecule has 32 heavy (non-hydrogen) atoms. The van der Waals surface area contributed by atoms with Gasteiger partial charge in [-0.1, -0.05) is 75.4 Å². The summed E-state index contributed by atoms with van der Waals surface area (Å²) in [6.45, 7) is 10.7. The molecule has 0 saturated carbocycles. The van der Waals surface area contributed by atoms with Gasteiger partial charge in [-0.3, -0.25) is 0 Å². The van der Waals surface area contributed by atoms with Gasteiger partial charge in [0.25, 0.3) is 0 Å². The van der Waals surface area contributed by atoms with Crippen LogP contribution in [0.15, 0.2) is 54.6 Å². The molecule has 1 aromatic heterocycles. The number of esters is 1. The minimum Gasteiger partial charge on any atom is -0.465 e. The first kappa shape index (κ1) is 24.0. The number of benzene rings is 2. The molecule has 0 spiro atoms. The molecule has 0 aliphatic carbocycles. The lowest BCUT2D eigenvalue weighted by atomic mass is 9.86. The van der Waals surface area contributed by atoms with Crippen LogP contribution in [0.2, 0.25) is 0 Å². The van der Waals surface area contributed by atoms with E-state index in [0.717, 1.165) is 21.6 Å². The first-order valence-electron chi connectivity index (χ1n) is 10.6. The van der Waals surface area contributed by atoms with Crippen molar-refractivity contribution in [2.45, 2.75) is 46.1 Å². The molecule has 1 atom stereocenters. The van der Waals surface area contributed by atoms with E-state index in [1.54, 1.807) is 0 Å². The van der Waals surface area contributed by atoms with Crippen LogP contribution >= 0.6 is 23.6 Å². The van der Waals surface area contributed by atoms with Crippen molar-refractivity contribution in [3.05, 3.63) is 76.2 Å². The number of aryl methyl sites for hydroxylation is 1. The zero-order valence-corrected chi connectivity index (χ0v) is 21.0. The van der Waals surface area contributed by atoms with E-state index in [0.29, 0.717) is 15.7 Å². The van der Waals surface area contributed by atoms with Crippen molar-refractivity contribution in [1.82, 2.24) is 5.32 Å². The molecule has 0 radical (unpaired) electrons. The van der Waals surface area contributed by atoms with Gasteiger partial charge in [0.15, 0.2) is 5.11 Å². The Hall–Kier alpha value is -2.70. The number of ether oxygens (including phenoxy) is 1. The van der Waals surface area contributed by atoms with E-state index < -0.39 is 0 Å². The summed E-state index contributed by atoms with van der Waals surface area (Å²) in [5, 5.41) is 7.70. The Kier molecular flexibility index (Phi) is 7.36. The van der Waals surface area contributed by atoms with Gasteiger partial charge in [-0.05, 0) is 48.2 Å². The molecule has 0 aliphatic rings. The molecule has 0 amide bonds. The van der Waals surface area contributed by atoms with Crippen molar-refractivity contribution < 1.29 is 9.53 Å². The van der Waals surface area contributed by atoms with E-state index in [1.165, 1.54) is 24.0 Å². The van der Waals surface area contributed by atoms with Gasteiger partial charge in [-0.25, -0.2) is 4.79 Å². The summed E-state index contributed by atoms with van der Waals surface area (Å²) in [6, 6.07) is 18.4. The standard InChI is InChI=1S/C26H30N2O2S2/c1-16(18-12-14-20(15-13-18)26(3,4)5)27-25(31)28-23-22(24(29)30-6)21(17(2)32-23)19-10-8-7-9-11-19/h7-16H,1-6H3,(H2,27,28,31). The average molecular weight is 467 g/mol. The molecular weight excluding hydrogens is 436 g/mol. The van der Waals surface area contributed by atoms with E-state index in [9.17, 15) is 4.79 Å². The highest BCUT2D eigenvalue weighted by molar-refractivity contribution is 7.80. The number of rotatable bonds is 5. The largest absolute Gasteiger partial charge is 0.465 e. The summed E-state index contributed by atoms with van der Waals surface area (Å²) >= 11 is 7.08. The van der Waals surface area contributed by atoms with Crippen LogP contribution in [0.25, 0.3) is 11.1 Å². The van der Waals surface area contributed by atoms with Crippen molar-refractivity contribution >= 4 is 39.6 Å². The summed E-state index contributed by atoms with van der Waals surface area (Å²) < 4.78 is 5.09. The molecule has 1 unspecified atom stereocenters. The van der Waals surface area contributed by atoms with Gasteiger partial charge in [0.2, 0.25) is 0 Å².